The highest BCUT2D eigenvalue weighted by atomic mass is 16.7. The van der Waals surface area contributed by atoms with E-state index in [-0.39, 0.29) is 24.3 Å². The zero-order chi connectivity index (χ0) is 11.1. The molecule has 82 valence electrons. The van der Waals surface area contributed by atoms with Crippen molar-refractivity contribution < 1.29 is 14.4 Å². The molecule has 0 aliphatic rings. The van der Waals surface area contributed by atoms with Gasteiger partial charge in [0.1, 0.15) is 0 Å². The van der Waals surface area contributed by atoms with Gasteiger partial charge in [-0.2, -0.15) is 0 Å². The summed E-state index contributed by atoms with van der Waals surface area (Å²) in [6.45, 7) is 3.72. The third-order valence-electron chi connectivity index (χ3n) is 2.10. The summed E-state index contributed by atoms with van der Waals surface area (Å²) < 4.78 is 0. The van der Waals surface area contributed by atoms with Gasteiger partial charge in [-0.3, -0.25) is 14.4 Å². The van der Waals surface area contributed by atoms with Crippen LogP contribution < -0.4 is 5.32 Å². The van der Waals surface area contributed by atoms with E-state index in [1.807, 2.05) is 13.8 Å². The predicted molar refractivity (Wildman–Crippen MR) is 52.2 cm³/mol. The number of hydrogen-bond acceptors (Lipinski definition) is 3. The first-order valence-electron chi connectivity index (χ1n) is 4.61. The van der Waals surface area contributed by atoms with Gasteiger partial charge in [0.2, 0.25) is 5.91 Å². The van der Waals surface area contributed by atoms with Gasteiger partial charge in [-0.15, -0.1) is 0 Å². The maximum Gasteiger partial charge on any atom is 0.265 e. The summed E-state index contributed by atoms with van der Waals surface area (Å²) in [5, 5.41) is 3.62. The van der Waals surface area contributed by atoms with Gasteiger partial charge in [-0.25, -0.2) is 5.06 Å². The van der Waals surface area contributed by atoms with Crippen molar-refractivity contribution in [1.29, 1.82) is 0 Å². The van der Waals surface area contributed by atoms with Crippen molar-refractivity contribution in [3.8, 4) is 0 Å². The molecule has 1 unspecified atom stereocenters. The quantitative estimate of drug-likeness (QED) is 0.646. The van der Waals surface area contributed by atoms with Crippen LogP contribution in [0.2, 0.25) is 0 Å². The Hall–Kier alpha value is -1.10. The van der Waals surface area contributed by atoms with Gasteiger partial charge >= 0.3 is 0 Å². The van der Waals surface area contributed by atoms with Crippen LogP contribution in [0.25, 0.3) is 0 Å². The van der Waals surface area contributed by atoms with Crippen molar-refractivity contribution in [2.45, 2.75) is 20.3 Å². The van der Waals surface area contributed by atoms with E-state index in [0.717, 1.165) is 11.5 Å². The summed E-state index contributed by atoms with van der Waals surface area (Å²) in [4.78, 5) is 27.1. The number of amides is 2. The number of rotatable bonds is 5. The van der Waals surface area contributed by atoms with Crippen LogP contribution in [0.3, 0.4) is 0 Å². The fraction of sp³-hybridized carbons (Fsp3) is 0.778. The number of carbonyl (C=O) groups is 2. The molecule has 5 heteroatoms. The normalized spacial score (nSPS) is 12.0. The number of carbonyl (C=O) groups excluding carboxylic acids is 2. The zero-order valence-electron chi connectivity index (χ0n) is 9.16. The van der Waals surface area contributed by atoms with E-state index in [9.17, 15) is 9.59 Å². The Morgan fingerprint density at radius 2 is 2.07 bits per heavy atom. The van der Waals surface area contributed by atoms with Crippen molar-refractivity contribution in [2.75, 3.05) is 20.7 Å². The van der Waals surface area contributed by atoms with Gasteiger partial charge in [0.25, 0.3) is 5.91 Å². The molecule has 0 heterocycles. The van der Waals surface area contributed by atoms with E-state index in [4.69, 9.17) is 0 Å². The average Bonchev–Trinajstić information content (AvgIpc) is 2.22. The Labute approximate surface area is 84.4 Å². The SMILES string of the molecule is CCC(C)C(=O)NCC(=O)N(C)OC. The van der Waals surface area contributed by atoms with Gasteiger partial charge in [0.15, 0.2) is 0 Å². The summed E-state index contributed by atoms with van der Waals surface area (Å²) in [7, 11) is 2.89. The second-order valence-corrected chi connectivity index (χ2v) is 3.10. The minimum atomic E-state index is -0.274. The fourth-order valence-corrected chi connectivity index (χ4v) is 0.736. The lowest BCUT2D eigenvalue weighted by atomic mass is 10.1. The number of hydroxylamine groups is 2. The molecule has 0 aliphatic heterocycles. The molecular weight excluding hydrogens is 184 g/mol. The first-order chi connectivity index (χ1) is 6.52. The molecule has 0 aliphatic carbocycles. The molecule has 0 saturated carbocycles. The second kappa shape index (κ2) is 6.37. The lowest BCUT2D eigenvalue weighted by Crippen LogP contribution is -2.39. The van der Waals surface area contributed by atoms with Crippen molar-refractivity contribution >= 4 is 11.8 Å². The average molecular weight is 202 g/mol. The van der Waals surface area contributed by atoms with Crippen molar-refractivity contribution in [1.82, 2.24) is 10.4 Å². The molecule has 0 fully saturated rings. The van der Waals surface area contributed by atoms with E-state index in [2.05, 4.69) is 10.2 Å². The molecule has 0 radical (unpaired) electrons. The second-order valence-electron chi connectivity index (χ2n) is 3.10. The molecule has 0 aromatic carbocycles. The minimum Gasteiger partial charge on any atom is -0.347 e. The smallest absolute Gasteiger partial charge is 0.265 e. The molecule has 1 atom stereocenters. The van der Waals surface area contributed by atoms with Gasteiger partial charge < -0.3 is 5.32 Å². The fourth-order valence-electron chi connectivity index (χ4n) is 0.736. The predicted octanol–water partition coefficient (Wildman–Crippen LogP) is 0.168. The molecule has 0 saturated heterocycles. The standard InChI is InChI=1S/C9H18N2O3/c1-5-7(2)9(13)10-6-8(12)11(3)14-4/h7H,5-6H2,1-4H3,(H,10,13). The van der Waals surface area contributed by atoms with Crippen LogP contribution in [0.15, 0.2) is 0 Å². The summed E-state index contributed by atoms with van der Waals surface area (Å²) in [5.41, 5.74) is 0. The lowest BCUT2D eigenvalue weighted by Gasteiger charge is -2.15. The minimum absolute atomic E-state index is 0.0203. The number of nitrogens with zero attached hydrogens (tertiary/aromatic N) is 1. The number of likely N-dealkylation sites (N-methyl/N-ethyl adjacent to an activating group) is 1. The number of hydrogen-bond donors (Lipinski definition) is 1. The molecule has 1 N–H and O–H groups in total. The zero-order valence-corrected chi connectivity index (χ0v) is 9.16. The molecule has 0 rings (SSSR count). The summed E-state index contributed by atoms with van der Waals surface area (Å²) >= 11 is 0. The Morgan fingerprint density at radius 1 is 1.50 bits per heavy atom. The first kappa shape index (κ1) is 12.9. The summed E-state index contributed by atoms with van der Waals surface area (Å²) in [5.74, 6) is -0.440. The molecule has 2 amide bonds. The highest BCUT2D eigenvalue weighted by molar-refractivity contribution is 5.85. The van der Waals surface area contributed by atoms with Gasteiger partial charge in [-0.05, 0) is 6.42 Å². The van der Waals surface area contributed by atoms with Gasteiger partial charge in [0, 0.05) is 13.0 Å². The Morgan fingerprint density at radius 3 is 2.50 bits per heavy atom. The topological polar surface area (TPSA) is 58.6 Å². The van der Waals surface area contributed by atoms with E-state index in [0.29, 0.717) is 0 Å². The maximum absolute atomic E-state index is 11.3. The van der Waals surface area contributed by atoms with Gasteiger partial charge in [0.05, 0.1) is 13.7 Å². The summed E-state index contributed by atoms with van der Waals surface area (Å²) in [6, 6.07) is 0. The molecule has 0 aromatic heterocycles. The van der Waals surface area contributed by atoms with Crippen LogP contribution in [-0.2, 0) is 14.4 Å². The van der Waals surface area contributed by atoms with Crippen LogP contribution in [0.4, 0.5) is 0 Å². The Bertz CT molecular complexity index is 184. The molecule has 14 heavy (non-hydrogen) atoms. The first-order valence-corrected chi connectivity index (χ1v) is 4.61. The van der Waals surface area contributed by atoms with Crippen molar-refractivity contribution in [3.05, 3.63) is 0 Å². The van der Waals surface area contributed by atoms with E-state index in [1.165, 1.54) is 14.2 Å². The van der Waals surface area contributed by atoms with E-state index < -0.39 is 0 Å². The maximum atomic E-state index is 11.3. The molecular formula is C9H18N2O3. The monoisotopic (exact) mass is 202 g/mol. The van der Waals surface area contributed by atoms with Crippen LogP contribution in [0.5, 0.6) is 0 Å². The van der Waals surface area contributed by atoms with Crippen LogP contribution in [0, 0.1) is 5.92 Å². The van der Waals surface area contributed by atoms with E-state index in [1.54, 1.807) is 0 Å². The van der Waals surface area contributed by atoms with Crippen LogP contribution in [-0.4, -0.2) is 37.6 Å². The molecule has 0 aromatic rings. The van der Waals surface area contributed by atoms with Crippen molar-refractivity contribution in [2.24, 2.45) is 5.92 Å². The molecule has 0 spiro atoms. The lowest BCUT2D eigenvalue weighted by molar-refractivity contribution is -0.168. The Kier molecular flexibility index (Phi) is 5.87. The Balaban J connectivity index is 3.83. The van der Waals surface area contributed by atoms with Crippen LogP contribution in [0.1, 0.15) is 20.3 Å². The molecule has 0 bridgehead atoms. The highest BCUT2D eigenvalue weighted by Crippen LogP contribution is 1.99. The number of nitrogens with one attached hydrogen (secondary N) is 1. The van der Waals surface area contributed by atoms with Gasteiger partial charge in [-0.1, -0.05) is 13.8 Å². The third-order valence-corrected chi connectivity index (χ3v) is 2.10. The largest absolute Gasteiger partial charge is 0.347 e. The van der Waals surface area contributed by atoms with E-state index >= 15 is 0 Å². The van der Waals surface area contributed by atoms with Crippen molar-refractivity contribution in [3.63, 3.8) is 0 Å². The van der Waals surface area contributed by atoms with Crippen LogP contribution >= 0.6 is 0 Å². The summed E-state index contributed by atoms with van der Waals surface area (Å²) in [6.07, 6.45) is 0.764. The molecule has 5 nitrogen and oxygen atoms in total. The third kappa shape index (κ3) is 4.23. The highest BCUT2D eigenvalue weighted by Gasteiger charge is 2.13.